The lowest BCUT2D eigenvalue weighted by atomic mass is 9.82. The number of rotatable bonds is 2. The second-order valence-corrected chi connectivity index (χ2v) is 5.62. The summed E-state index contributed by atoms with van der Waals surface area (Å²) in [5, 5.41) is 3.26. The summed E-state index contributed by atoms with van der Waals surface area (Å²) in [7, 11) is 1.92. The van der Waals surface area contributed by atoms with E-state index in [9.17, 15) is 4.39 Å². The van der Waals surface area contributed by atoms with Gasteiger partial charge < -0.3 is 5.32 Å². The molecule has 0 spiro atoms. The number of halogens is 2. The Morgan fingerprint density at radius 1 is 1.33 bits per heavy atom. The van der Waals surface area contributed by atoms with Gasteiger partial charge in [-0.25, -0.2) is 4.39 Å². The van der Waals surface area contributed by atoms with Crippen LogP contribution in [0.5, 0.6) is 0 Å². The molecule has 0 heterocycles. The van der Waals surface area contributed by atoms with Gasteiger partial charge in [-0.2, -0.15) is 0 Å². The standard InChI is InChI=1S/C12H17BrFN/c1-12(2,3)11(15-4)8-5-6-10(14)9(13)7-8/h5-7,11,15H,1-4H3. The van der Waals surface area contributed by atoms with E-state index in [1.54, 1.807) is 0 Å². The second kappa shape index (κ2) is 4.62. The Bertz CT molecular complexity index is 344. The highest BCUT2D eigenvalue weighted by Gasteiger charge is 2.24. The van der Waals surface area contributed by atoms with Gasteiger partial charge in [0, 0.05) is 6.04 Å². The Morgan fingerprint density at radius 2 is 1.93 bits per heavy atom. The van der Waals surface area contributed by atoms with Crippen LogP contribution in [0.25, 0.3) is 0 Å². The van der Waals surface area contributed by atoms with Crippen molar-refractivity contribution < 1.29 is 4.39 Å². The summed E-state index contributed by atoms with van der Waals surface area (Å²) in [5.74, 6) is -0.220. The Labute approximate surface area is 99.2 Å². The molecule has 84 valence electrons. The van der Waals surface area contributed by atoms with Crippen molar-refractivity contribution in [2.75, 3.05) is 7.05 Å². The summed E-state index contributed by atoms with van der Waals surface area (Å²) in [5.41, 5.74) is 1.20. The van der Waals surface area contributed by atoms with Crippen molar-refractivity contribution in [3.8, 4) is 0 Å². The van der Waals surface area contributed by atoms with Crippen molar-refractivity contribution in [2.24, 2.45) is 5.41 Å². The van der Waals surface area contributed by atoms with Gasteiger partial charge in [0.1, 0.15) is 5.82 Å². The van der Waals surface area contributed by atoms with Crippen LogP contribution in [0.4, 0.5) is 4.39 Å². The molecule has 0 saturated carbocycles. The molecule has 0 aliphatic rings. The van der Waals surface area contributed by atoms with E-state index < -0.39 is 0 Å². The molecule has 1 nitrogen and oxygen atoms in total. The van der Waals surface area contributed by atoms with Crippen molar-refractivity contribution in [1.82, 2.24) is 5.32 Å². The molecule has 15 heavy (non-hydrogen) atoms. The van der Waals surface area contributed by atoms with Crippen molar-refractivity contribution in [3.05, 3.63) is 34.1 Å². The first-order valence-electron chi connectivity index (χ1n) is 4.98. The summed E-state index contributed by atoms with van der Waals surface area (Å²) in [4.78, 5) is 0. The Hall–Kier alpha value is -0.410. The summed E-state index contributed by atoms with van der Waals surface area (Å²) >= 11 is 3.21. The summed E-state index contributed by atoms with van der Waals surface area (Å²) in [6.45, 7) is 6.47. The molecule has 1 atom stereocenters. The minimum atomic E-state index is -0.220. The molecular formula is C12H17BrFN. The number of benzene rings is 1. The van der Waals surface area contributed by atoms with E-state index >= 15 is 0 Å². The smallest absolute Gasteiger partial charge is 0.137 e. The Kier molecular flexibility index (Phi) is 3.90. The normalized spacial score (nSPS) is 14.0. The first kappa shape index (κ1) is 12.7. The molecule has 0 fully saturated rings. The second-order valence-electron chi connectivity index (χ2n) is 4.76. The van der Waals surface area contributed by atoms with Gasteiger partial charge in [-0.15, -0.1) is 0 Å². The topological polar surface area (TPSA) is 12.0 Å². The zero-order valence-corrected chi connectivity index (χ0v) is 11.2. The minimum Gasteiger partial charge on any atom is -0.313 e. The van der Waals surface area contributed by atoms with Crippen LogP contribution in [-0.4, -0.2) is 7.05 Å². The SMILES string of the molecule is CNC(c1ccc(F)c(Br)c1)C(C)(C)C. The fraction of sp³-hybridized carbons (Fsp3) is 0.500. The zero-order chi connectivity index (χ0) is 11.6. The van der Waals surface area contributed by atoms with Gasteiger partial charge in [-0.3, -0.25) is 0 Å². The molecule has 0 saturated heterocycles. The molecule has 1 N–H and O–H groups in total. The van der Waals surface area contributed by atoms with E-state index in [1.807, 2.05) is 19.2 Å². The summed E-state index contributed by atoms with van der Waals surface area (Å²) in [6.07, 6.45) is 0. The lowest BCUT2D eigenvalue weighted by Gasteiger charge is -2.31. The van der Waals surface area contributed by atoms with Gasteiger partial charge >= 0.3 is 0 Å². The van der Waals surface area contributed by atoms with Gasteiger partial charge in [0.2, 0.25) is 0 Å². The molecule has 3 heteroatoms. The van der Waals surface area contributed by atoms with Crippen LogP contribution in [0.1, 0.15) is 32.4 Å². The quantitative estimate of drug-likeness (QED) is 0.862. The molecule has 0 aliphatic carbocycles. The van der Waals surface area contributed by atoms with E-state index in [0.29, 0.717) is 4.47 Å². The van der Waals surface area contributed by atoms with Crippen LogP contribution in [0, 0.1) is 11.2 Å². The first-order chi connectivity index (χ1) is 6.86. The largest absolute Gasteiger partial charge is 0.313 e. The molecule has 0 aromatic heterocycles. The van der Waals surface area contributed by atoms with E-state index in [4.69, 9.17) is 0 Å². The lowest BCUT2D eigenvalue weighted by Crippen LogP contribution is -2.29. The first-order valence-corrected chi connectivity index (χ1v) is 5.78. The van der Waals surface area contributed by atoms with Crippen molar-refractivity contribution in [1.29, 1.82) is 0 Å². The predicted molar refractivity (Wildman–Crippen MR) is 65.4 cm³/mol. The molecule has 0 bridgehead atoms. The molecular weight excluding hydrogens is 257 g/mol. The highest BCUT2D eigenvalue weighted by atomic mass is 79.9. The average molecular weight is 274 g/mol. The maximum atomic E-state index is 13.1. The van der Waals surface area contributed by atoms with Gasteiger partial charge in [-0.1, -0.05) is 26.8 Å². The number of hydrogen-bond acceptors (Lipinski definition) is 1. The minimum absolute atomic E-state index is 0.103. The van der Waals surface area contributed by atoms with Crippen LogP contribution in [0.15, 0.2) is 22.7 Å². The van der Waals surface area contributed by atoms with Crippen LogP contribution < -0.4 is 5.32 Å². The molecule has 1 aromatic rings. The number of hydrogen-bond donors (Lipinski definition) is 1. The van der Waals surface area contributed by atoms with Gasteiger partial charge in [0.25, 0.3) is 0 Å². The van der Waals surface area contributed by atoms with Crippen molar-refractivity contribution >= 4 is 15.9 Å². The molecule has 1 aromatic carbocycles. The van der Waals surface area contributed by atoms with Crippen LogP contribution in [-0.2, 0) is 0 Å². The molecule has 0 radical (unpaired) electrons. The van der Waals surface area contributed by atoms with E-state index in [2.05, 4.69) is 42.0 Å². The Balaban J connectivity index is 3.08. The van der Waals surface area contributed by atoms with E-state index in [0.717, 1.165) is 5.56 Å². The molecule has 1 unspecified atom stereocenters. The van der Waals surface area contributed by atoms with E-state index in [-0.39, 0.29) is 17.3 Å². The van der Waals surface area contributed by atoms with Crippen LogP contribution in [0.3, 0.4) is 0 Å². The monoisotopic (exact) mass is 273 g/mol. The molecule has 1 rings (SSSR count). The fourth-order valence-electron chi connectivity index (χ4n) is 1.79. The fourth-order valence-corrected chi connectivity index (χ4v) is 2.19. The van der Waals surface area contributed by atoms with E-state index in [1.165, 1.54) is 6.07 Å². The summed E-state index contributed by atoms with van der Waals surface area (Å²) in [6, 6.07) is 5.37. The third-order valence-corrected chi connectivity index (χ3v) is 3.04. The summed E-state index contributed by atoms with van der Waals surface area (Å²) < 4.78 is 13.6. The van der Waals surface area contributed by atoms with Crippen LogP contribution in [0.2, 0.25) is 0 Å². The highest BCUT2D eigenvalue weighted by Crippen LogP contribution is 2.33. The lowest BCUT2D eigenvalue weighted by molar-refractivity contribution is 0.286. The van der Waals surface area contributed by atoms with Gasteiger partial charge in [0.15, 0.2) is 0 Å². The van der Waals surface area contributed by atoms with Gasteiger partial charge in [-0.05, 0) is 46.1 Å². The number of nitrogens with one attached hydrogen (secondary N) is 1. The van der Waals surface area contributed by atoms with Crippen molar-refractivity contribution in [3.63, 3.8) is 0 Å². The Morgan fingerprint density at radius 3 is 2.33 bits per heavy atom. The average Bonchev–Trinajstić information content (AvgIpc) is 2.10. The van der Waals surface area contributed by atoms with Crippen LogP contribution >= 0.6 is 15.9 Å². The van der Waals surface area contributed by atoms with Crippen molar-refractivity contribution in [2.45, 2.75) is 26.8 Å². The third-order valence-electron chi connectivity index (χ3n) is 2.43. The third kappa shape index (κ3) is 3.02. The maximum absolute atomic E-state index is 13.1. The predicted octanol–water partition coefficient (Wildman–Crippen LogP) is 3.89. The maximum Gasteiger partial charge on any atom is 0.137 e. The highest BCUT2D eigenvalue weighted by molar-refractivity contribution is 9.10. The molecule has 0 aliphatic heterocycles. The zero-order valence-electron chi connectivity index (χ0n) is 9.57. The molecule has 0 amide bonds. The van der Waals surface area contributed by atoms with Gasteiger partial charge in [0.05, 0.1) is 4.47 Å².